The summed E-state index contributed by atoms with van der Waals surface area (Å²) in [7, 11) is 0. The minimum absolute atomic E-state index is 1.08. The van der Waals surface area contributed by atoms with Crippen LogP contribution in [-0.2, 0) is 0 Å². The number of aromatic nitrogens is 1. The number of nitrogens with zero attached hydrogens (tertiary/aromatic N) is 1. The lowest BCUT2D eigenvalue weighted by Crippen LogP contribution is -1.93. The van der Waals surface area contributed by atoms with Crippen molar-refractivity contribution in [3.05, 3.63) is 64.7 Å². The lowest BCUT2D eigenvalue weighted by atomic mass is 9.98. The van der Waals surface area contributed by atoms with E-state index in [2.05, 4.69) is 61.7 Å². The number of pyridine rings is 1. The predicted molar refractivity (Wildman–Crippen MR) is 91.5 cm³/mol. The summed E-state index contributed by atoms with van der Waals surface area (Å²) >= 11 is 1.78. The van der Waals surface area contributed by atoms with E-state index in [9.17, 15) is 0 Å². The second-order valence-corrected chi connectivity index (χ2v) is 6.49. The number of aryl methyl sites for hydroxylation is 2. The van der Waals surface area contributed by atoms with Crippen molar-refractivity contribution in [2.24, 2.45) is 0 Å². The van der Waals surface area contributed by atoms with Gasteiger partial charge in [-0.15, -0.1) is 0 Å². The first-order chi connectivity index (χ1) is 10.2. The van der Waals surface area contributed by atoms with Crippen molar-refractivity contribution in [3.8, 4) is 11.3 Å². The highest BCUT2D eigenvalue weighted by molar-refractivity contribution is 8.02. The highest BCUT2D eigenvalue weighted by atomic mass is 32.2. The van der Waals surface area contributed by atoms with Gasteiger partial charge in [0.1, 0.15) is 0 Å². The molecule has 3 aromatic rings. The van der Waals surface area contributed by atoms with Crippen molar-refractivity contribution in [2.45, 2.75) is 18.7 Å². The van der Waals surface area contributed by atoms with Crippen molar-refractivity contribution in [1.29, 1.82) is 0 Å². The lowest BCUT2D eigenvalue weighted by molar-refractivity contribution is 1.31. The van der Waals surface area contributed by atoms with Crippen molar-refractivity contribution in [1.82, 2.24) is 4.98 Å². The Labute approximate surface area is 128 Å². The molecule has 2 aromatic carbocycles. The second kappa shape index (κ2) is 4.74. The third kappa shape index (κ3) is 2.07. The van der Waals surface area contributed by atoms with Gasteiger partial charge in [-0.25, -0.2) is 0 Å². The summed E-state index contributed by atoms with van der Waals surface area (Å²) in [6.07, 6.45) is 4.15. The van der Waals surface area contributed by atoms with Crippen LogP contribution in [-0.4, -0.2) is 4.98 Å². The Morgan fingerprint density at radius 1 is 1.00 bits per heavy atom. The van der Waals surface area contributed by atoms with Crippen LogP contribution in [0.3, 0.4) is 0 Å². The number of thioether (sulfide) groups is 1. The maximum Gasteiger partial charge on any atom is 0.0781 e. The van der Waals surface area contributed by atoms with Gasteiger partial charge >= 0.3 is 0 Å². The first kappa shape index (κ1) is 12.7. The molecule has 0 spiro atoms. The van der Waals surface area contributed by atoms with Crippen molar-refractivity contribution in [2.75, 3.05) is 0 Å². The summed E-state index contributed by atoms with van der Waals surface area (Å²) in [4.78, 5) is 6.06. The Balaban J connectivity index is 2.07. The fourth-order valence-electron chi connectivity index (χ4n) is 3.04. The van der Waals surface area contributed by atoms with E-state index in [1.165, 1.54) is 37.9 Å². The SMILES string of the molecule is Cc1cc(C)cc(-c2ncc3c4c(cccc24)SC=C3)c1. The Kier molecular flexibility index (Phi) is 2.86. The second-order valence-electron chi connectivity index (χ2n) is 5.54. The quantitative estimate of drug-likeness (QED) is 0.578. The molecule has 2 heteroatoms. The number of rotatable bonds is 1. The van der Waals surface area contributed by atoms with E-state index < -0.39 is 0 Å². The minimum atomic E-state index is 1.08. The molecule has 102 valence electrons. The maximum atomic E-state index is 4.74. The predicted octanol–water partition coefficient (Wildman–Crippen LogP) is 5.60. The molecule has 0 radical (unpaired) electrons. The zero-order valence-electron chi connectivity index (χ0n) is 12.1. The smallest absolute Gasteiger partial charge is 0.0781 e. The molecule has 2 heterocycles. The highest BCUT2D eigenvalue weighted by Gasteiger charge is 2.14. The Morgan fingerprint density at radius 2 is 1.81 bits per heavy atom. The van der Waals surface area contributed by atoms with Crippen molar-refractivity contribution < 1.29 is 0 Å². The summed E-state index contributed by atoms with van der Waals surface area (Å²) in [5.74, 6) is 0. The normalized spacial score (nSPS) is 12.9. The molecule has 0 fully saturated rings. The molecule has 1 nitrogen and oxygen atoms in total. The molecule has 0 atom stereocenters. The zero-order valence-corrected chi connectivity index (χ0v) is 12.9. The van der Waals surface area contributed by atoms with Crippen molar-refractivity contribution >= 4 is 28.6 Å². The largest absolute Gasteiger partial charge is 0.255 e. The summed E-state index contributed by atoms with van der Waals surface area (Å²) in [5, 5.41) is 4.70. The molecule has 1 aliphatic heterocycles. The average Bonchev–Trinajstić information content (AvgIpc) is 2.47. The van der Waals surface area contributed by atoms with E-state index in [-0.39, 0.29) is 0 Å². The molecule has 0 saturated carbocycles. The molecular weight excluding hydrogens is 274 g/mol. The van der Waals surface area contributed by atoms with Gasteiger partial charge in [0.05, 0.1) is 5.69 Å². The summed E-state index contributed by atoms with van der Waals surface area (Å²) in [6, 6.07) is 13.1. The van der Waals surface area contributed by atoms with Gasteiger partial charge in [-0.1, -0.05) is 41.1 Å². The third-order valence-corrected chi connectivity index (χ3v) is 4.71. The average molecular weight is 289 g/mol. The highest BCUT2D eigenvalue weighted by Crippen LogP contribution is 2.39. The van der Waals surface area contributed by atoms with E-state index in [1.807, 2.05) is 6.20 Å². The van der Waals surface area contributed by atoms with Gasteiger partial charge in [-0.2, -0.15) is 0 Å². The van der Waals surface area contributed by atoms with Gasteiger partial charge in [0, 0.05) is 33.0 Å². The van der Waals surface area contributed by atoms with Crippen LogP contribution in [0.4, 0.5) is 0 Å². The molecule has 4 rings (SSSR count). The van der Waals surface area contributed by atoms with Crippen LogP contribution in [0, 0.1) is 13.8 Å². The van der Waals surface area contributed by atoms with Crippen LogP contribution in [0.5, 0.6) is 0 Å². The third-order valence-electron chi connectivity index (χ3n) is 3.84. The molecular formula is C19H15NS. The van der Waals surface area contributed by atoms with Crippen LogP contribution >= 0.6 is 11.8 Å². The number of hydrogen-bond acceptors (Lipinski definition) is 2. The topological polar surface area (TPSA) is 12.9 Å². The van der Waals surface area contributed by atoms with E-state index >= 15 is 0 Å². The summed E-state index contributed by atoms with van der Waals surface area (Å²) < 4.78 is 0. The Morgan fingerprint density at radius 3 is 2.62 bits per heavy atom. The van der Waals surface area contributed by atoms with Crippen LogP contribution in [0.1, 0.15) is 16.7 Å². The van der Waals surface area contributed by atoms with Gasteiger partial charge < -0.3 is 0 Å². The molecule has 0 N–H and O–H groups in total. The van der Waals surface area contributed by atoms with Crippen molar-refractivity contribution in [3.63, 3.8) is 0 Å². The molecule has 1 aliphatic rings. The Hall–Kier alpha value is -2.06. The van der Waals surface area contributed by atoms with Gasteiger partial charge in [0.2, 0.25) is 0 Å². The summed E-state index contributed by atoms with van der Waals surface area (Å²) in [6.45, 7) is 4.28. The number of benzene rings is 2. The molecule has 0 saturated heterocycles. The minimum Gasteiger partial charge on any atom is -0.255 e. The molecule has 1 aromatic heterocycles. The Bertz CT molecular complexity index is 873. The standard InChI is InChI=1S/C19H15NS/c1-12-8-13(2)10-15(9-12)19-16-4-3-5-17-18(16)14(11-20-19)6-7-21-17/h3-11H,1-2H3. The molecule has 0 bridgehead atoms. The van der Waals surface area contributed by atoms with Gasteiger partial charge in [-0.3, -0.25) is 4.98 Å². The fraction of sp³-hybridized carbons (Fsp3) is 0.105. The first-order valence-corrected chi connectivity index (χ1v) is 7.94. The lowest BCUT2D eigenvalue weighted by Gasteiger charge is -2.15. The van der Waals surface area contributed by atoms with E-state index in [1.54, 1.807) is 11.8 Å². The fourth-order valence-corrected chi connectivity index (χ4v) is 3.91. The molecule has 0 unspecified atom stereocenters. The van der Waals surface area contributed by atoms with E-state index in [0.29, 0.717) is 0 Å². The first-order valence-electron chi connectivity index (χ1n) is 7.06. The zero-order chi connectivity index (χ0) is 14.4. The molecule has 0 amide bonds. The van der Waals surface area contributed by atoms with Gasteiger partial charge in [0.15, 0.2) is 0 Å². The number of hydrogen-bond donors (Lipinski definition) is 0. The van der Waals surface area contributed by atoms with Gasteiger partial charge in [0.25, 0.3) is 0 Å². The molecule has 0 aliphatic carbocycles. The molecule has 21 heavy (non-hydrogen) atoms. The van der Waals surface area contributed by atoms with E-state index in [4.69, 9.17) is 4.98 Å². The van der Waals surface area contributed by atoms with Crippen LogP contribution in [0.25, 0.3) is 28.1 Å². The van der Waals surface area contributed by atoms with E-state index in [0.717, 1.165) is 5.69 Å². The monoisotopic (exact) mass is 289 g/mol. The maximum absolute atomic E-state index is 4.74. The van der Waals surface area contributed by atoms with Crippen LogP contribution in [0.2, 0.25) is 0 Å². The van der Waals surface area contributed by atoms with Crippen LogP contribution < -0.4 is 0 Å². The van der Waals surface area contributed by atoms with Crippen LogP contribution in [0.15, 0.2) is 52.9 Å². The summed E-state index contributed by atoms with van der Waals surface area (Å²) in [5.41, 5.74) is 6.06. The van der Waals surface area contributed by atoms with Gasteiger partial charge in [-0.05, 0) is 43.5 Å².